The van der Waals surface area contributed by atoms with Crippen LogP contribution in [0.15, 0.2) is 0 Å². The second-order valence-electron chi connectivity index (χ2n) is 5.09. The summed E-state index contributed by atoms with van der Waals surface area (Å²) in [4.78, 5) is 0. The zero-order valence-electron chi connectivity index (χ0n) is 10.3. The molecule has 2 nitrogen and oxygen atoms in total. The fraction of sp³-hybridized carbons (Fsp3) is 1.00. The molecule has 1 fully saturated rings. The quantitative estimate of drug-likeness (QED) is 0.785. The van der Waals surface area contributed by atoms with Crippen LogP contribution in [0.2, 0.25) is 0 Å². The smallest absolute Gasteiger partial charge is 0.0441 e. The molecule has 15 heavy (non-hydrogen) atoms. The Morgan fingerprint density at radius 3 is 2.47 bits per heavy atom. The van der Waals surface area contributed by atoms with Crippen LogP contribution in [0.3, 0.4) is 0 Å². The van der Waals surface area contributed by atoms with E-state index in [9.17, 15) is 4.21 Å². The summed E-state index contributed by atoms with van der Waals surface area (Å²) in [5.74, 6) is 1.79. The molecule has 1 aliphatic carbocycles. The molecule has 0 amide bonds. The average Bonchev–Trinajstić information content (AvgIpc) is 2.20. The summed E-state index contributed by atoms with van der Waals surface area (Å²) in [6.07, 6.45) is 7.31. The zero-order chi connectivity index (χ0) is 11.3. The Morgan fingerprint density at radius 2 is 1.93 bits per heavy atom. The topological polar surface area (TPSA) is 29.1 Å². The monoisotopic (exact) mass is 231 g/mol. The molecule has 0 saturated heterocycles. The molecule has 0 spiro atoms. The first-order valence-electron chi connectivity index (χ1n) is 6.12. The summed E-state index contributed by atoms with van der Waals surface area (Å²) in [5, 5.41) is 3.74. The highest BCUT2D eigenvalue weighted by molar-refractivity contribution is 7.84. The highest BCUT2D eigenvalue weighted by Crippen LogP contribution is 2.27. The van der Waals surface area contributed by atoms with E-state index < -0.39 is 10.8 Å². The summed E-state index contributed by atoms with van der Waals surface area (Å²) in [7, 11) is -0.685. The van der Waals surface area contributed by atoms with Crippen molar-refractivity contribution in [2.75, 3.05) is 19.3 Å². The van der Waals surface area contributed by atoms with Crippen molar-refractivity contribution >= 4 is 10.8 Å². The van der Waals surface area contributed by atoms with E-state index in [1.54, 1.807) is 6.26 Å². The van der Waals surface area contributed by atoms with Gasteiger partial charge in [0.05, 0.1) is 0 Å². The highest BCUT2D eigenvalue weighted by atomic mass is 32.2. The van der Waals surface area contributed by atoms with Crippen LogP contribution in [0.5, 0.6) is 0 Å². The van der Waals surface area contributed by atoms with Crippen molar-refractivity contribution in [3.63, 3.8) is 0 Å². The van der Waals surface area contributed by atoms with Crippen LogP contribution < -0.4 is 5.32 Å². The largest absolute Gasteiger partial charge is 0.315 e. The van der Waals surface area contributed by atoms with Gasteiger partial charge in [-0.05, 0) is 38.1 Å². The average molecular weight is 231 g/mol. The molecule has 0 aromatic carbocycles. The summed E-state index contributed by atoms with van der Waals surface area (Å²) in [6, 6.07) is 0. The van der Waals surface area contributed by atoms with Crippen LogP contribution in [-0.4, -0.2) is 28.8 Å². The van der Waals surface area contributed by atoms with E-state index in [0.717, 1.165) is 24.9 Å². The van der Waals surface area contributed by atoms with Gasteiger partial charge in [-0.3, -0.25) is 4.21 Å². The van der Waals surface area contributed by atoms with Gasteiger partial charge in [-0.1, -0.05) is 19.8 Å². The SMILES string of the molecule is CC1CCC(CNC[C@@H](C)[S@@](C)=O)CC1. The predicted molar refractivity (Wildman–Crippen MR) is 67.5 cm³/mol. The Labute approximate surface area is 96.7 Å². The third-order valence-corrected chi connectivity index (χ3v) is 4.87. The van der Waals surface area contributed by atoms with Crippen LogP contribution in [0.1, 0.15) is 39.5 Å². The molecule has 0 aromatic rings. The van der Waals surface area contributed by atoms with Gasteiger partial charge >= 0.3 is 0 Å². The first kappa shape index (κ1) is 13.2. The van der Waals surface area contributed by atoms with Crippen molar-refractivity contribution in [2.45, 2.75) is 44.8 Å². The van der Waals surface area contributed by atoms with Crippen molar-refractivity contribution in [1.82, 2.24) is 5.32 Å². The standard InChI is InChI=1S/C12H25NOS/c1-10-4-6-12(7-5-10)9-13-8-11(2)15(3)14/h10-13H,4-9H2,1-3H3/t10?,11-,12?,15-/m1/s1. The van der Waals surface area contributed by atoms with Crippen LogP contribution in [0.4, 0.5) is 0 Å². The second kappa shape index (κ2) is 6.64. The van der Waals surface area contributed by atoms with Gasteiger partial charge in [0.15, 0.2) is 0 Å². The van der Waals surface area contributed by atoms with E-state index in [1.165, 1.54) is 25.7 Å². The molecule has 2 atom stereocenters. The lowest BCUT2D eigenvalue weighted by Gasteiger charge is -2.26. The summed E-state index contributed by atoms with van der Waals surface area (Å²) in [5.41, 5.74) is 0. The molecule has 0 bridgehead atoms. The Balaban J connectivity index is 2.07. The molecule has 0 unspecified atom stereocenters. The number of hydrogen-bond donors (Lipinski definition) is 1. The van der Waals surface area contributed by atoms with Crippen LogP contribution >= 0.6 is 0 Å². The molecule has 0 aliphatic heterocycles. The molecule has 1 rings (SSSR count). The fourth-order valence-electron chi connectivity index (χ4n) is 2.14. The van der Waals surface area contributed by atoms with E-state index in [4.69, 9.17) is 0 Å². The number of nitrogens with one attached hydrogen (secondary N) is 1. The van der Waals surface area contributed by atoms with Crippen molar-refractivity contribution in [2.24, 2.45) is 11.8 Å². The summed E-state index contributed by atoms with van der Waals surface area (Å²) < 4.78 is 11.1. The Kier molecular flexibility index (Phi) is 5.83. The van der Waals surface area contributed by atoms with Crippen LogP contribution in [-0.2, 0) is 10.8 Å². The normalized spacial score (nSPS) is 31.1. The first-order chi connectivity index (χ1) is 7.09. The molecule has 90 valence electrons. The molecular formula is C12H25NOS. The lowest BCUT2D eigenvalue weighted by Crippen LogP contribution is -2.32. The maximum Gasteiger partial charge on any atom is 0.0441 e. The van der Waals surface area contributed by atoms with E-state index >= 15 is 0 Å². The van der Waals surface area contributed by atoms with E-state index in [2.05, 4.69) is 12.2 Å². The minimum atomic E-state index is -0.685. The maximum atomic E-state index is 11.1. The lowest BCUT2D eigenvalue weighted by atomic mass is 9.83. The van der Waals surface area contributed by atoms with Gasteiger partial charge in [0, 0.05) is 28.9 Å². The van der Waals surface area contributed by atoms with E-state index in [1.807, 2.05) is 6.92 Å². The Hall–Kier alpha value is 0.110. The zero-order valence-corrected chi connectivity index (χ0v) is 11.1. The molecule has 1 aliphatic rings. The van der Waals surface area contributed by atoms with Gasteiger partial charge in [0.25, 0.3) is 0 Å². The van der Waals surface area contributed by atoms with Crippen molar-refractivity contribution < 1.29 is 4.21 Å². The molecule has 0 heterocycles. The molecule has 0 aromatic heterocycles. The molecule has 1 N–H and O–H groups in total. The van der Waals surface area contributed by atoms with Gasteiger partial charge in [-0.25, -0.2) is 0 Å². The van der Waals surface area contributed by atoms with Crippen molar-refractivity contribution in [3.8, 4) is 0 Å². The minimum Gasteiger partial charge on any atom is -0.315 e. The summed E-state index contributed by atoms with van der Waals surface area (Å²) in [6.45, 7) is 6.42. The molecular weight excluding hydrogens is 206 g/mol. The van der Waals surface area contributed by atoms with Gasteiger partial charge in [-0.15, -0.1) is 0 Å². The van der Waals surface area contributed by atoms with Gasteiger partial charge in [0.1, 0.15) is 0 Å². The first-order valence-corrected chi connectivity index (χ1v) is 7.74. The van der Waals surface area contributed by atoms with Gasteiger partial charge in [-0.2, -0.15) is 0 Å². The van der Waals surface area contributed by atoms with E-state index in [0.29, 0.717) is 0 Å². The van der Waals surface area contributed by atoms with Crippen LogP contribution in [0, 0.1) is 11.8 Å². The number of hydrogen-bond acceptors (Lipinski definition) is 2. The third kappa shape index (κ3) is 5.12. The Bertz CT molecular complexity index is 200. The van der Waals surface area contributed by atoms with E-state index in [-0.39, 0.29) is 5.25 Å². The maximum absolute atomic E-state index is 11.1. The summed E-state index contributed by atoms with van der Waals surface area (Å²) >= 11 is 0. The van der Waals surface area contributed by atoms with Gasteiger partial charge in [0.2, 0.25) is 0 Å². The number of rotatable bonds is 5. The highest BCUT2D eigenvalue weighted by Gasteiger charge is 2.17. The second-order valence-corrected chi connectivity index (χ2v) is 6.90. The predicted octanol–water partition coefficient (Wildman–Crippen LogP) is 2.17. The molecule has 1 saturated carbocycles. The molecule has 0 radical (unpaired) electrons. The molecule has 3 heteroatoms. The third-order valence-electron chi connectivity index (χ3n) is 3.57. The lowest BCUT2D eigenvalue weighted by molar-refractivity contribution is 0.282. The van der Waals surface area contributed by atoms with Crippen molar-refractivity contribution in [3.05, 3.63) is 0 Å². The van der Waals surface area contributed by atoms with Crippen LogP contribution in [0.25, 0.3) is 0 Å². The van der Waals surface area contributed by atoms with Gasteiger partial charge < -0.3 is 5.32 Å². The fourth-order valence-corrected chi connectivity index (χ4v) is 2.49. The minimum absolute atomic E-state index is 0.285. The Morgan fingerprint density at radius 1 is 1.33 bits per heavy atom. The van der Waals surface area contributed by atoms with Crippen molar-refractivity contribution in [1.29, 1.82) is 0 Å².